The molecule has 1 aromatic carbocycles. The summed E-state index contributed by atoms with van der Waals surface area (Å²) in [6.45, 7) is 0. The average Bonchev–Trinajstić information content (AvgIpc) is 2.93. The fourth-order valence-corrected chi connectivity index (χ4v) is 2.78. The molecule has 0 bridgehead atoms. The van der Waals surface area contributed by atoms with E-state index in [1.807, 2.05) is 18.2 Å². The molecule has 0 aliphatic rings. The maximum absolute atomic E-state index is 12.0. The van der Waals surface area contributed by atoms with E-state index in [9.17, 15) is 13.2 Å². The van der Waals surface area contributed by atoms with Gasteiger partial charge in [0.1, 0.15) is 5.58 Å². The highest BCUT2D eigenvalue weighted by molar-refractivity contribution is 5.80. The number of hydrogen-bond donors (Lipinski definition) is 0. The molecule has 0 spiro atoms. The number of furan rings is 1. The maximum Gasteiger partial charge on any atom is 0.389 e. The normalized spacial score (nSPS) is 12.1. The van der Waals surface area contributed by atoms with Crippen LogP contribution in [-0.4, -0.2) is 6.18 Å². The summed E-state index contributed by atoms with van der Waals surface area (Å²) in [6.07, 6.45) is 4.29. The van der Waals surface area contributed by atoms with Gasteiger partial charge in [-0.05, 0) is 30.9 Å². The molecule has 4 heteroatoms. The van der Waals surface area contributed by atoms with Gasteiger partial charge < -0.3 is 4.42 Å². The third kappa shape index (κ3) is 5.74. The van der Waals surface area contributed by atoms with Gasteiger partial charge in [-0.25, -0.2) is 0 Å². The van der Waals surface area contributed by atoms with Crippen molar-refractivity contribution in [2.45, 2.75) is 64.0 Å². The van der Waals surface area contributed by atoms with Crippen LogP contribution in [0.5, 0.6) is 0 Å². The van der Waals surface area contributed by atoms with Gasteiger partial charge >= 0.3 is 6.18 Å². The van der Waals surface area contributed by atoms with Gasteiger partial charge in [-0.3, -0.25) is 0 Å². The third-order valence-corrected chi connectivity index (χ3v) is 3.97. The van der Waals surface area contributed by atoms with Crippen LogP contribution in [0.4, 0.5) is 13.2 Å². The first kappa shape index (κ1) is 16.9. The van der Waals surface area contributed by atoms with E-state index in [1.165, 1.54) is 5.56 Å². The monoisotopic (exact) mass is 312 g/mol. The minimum Gasteiger partial charge on any atom is -0.464 e. The second-order valence-corrected chi connectivity index (χ2v) is 5.85. The van der Waals surface area contributed by atoms with Crippen LogP contribution in [0.3, 0.4) is 0 Å². The van der Waals surface area contributed by atoms with Crippen LogP contribution in [0, 0.1) is 0 Å². The maximum atomic E-state index is 12.0. The van der Waals surface area contributed by atoms with Gasteiger partial charge in [0, 0.05) is 11.8 Å². The second kappa shape index (κ2) is 8.25. The molecule has 1 aromatic heterocycles. The first-order valence-electron chi connectivity index (χ1n) is 8.08. The van der Waals surface area contributed by atoms with Crippen LogP contribution in [0.15, 0.2) is 34.9 Å². The molecule has 0 fully saturated rings. The highest BCUT2D eigenvalue weighted by Crippen LogP contribution is 2.24. The SMILES string of the molecule is FC(F)(F)CCCCCCCCCc1cccc2ccoc12. The Labute approximate surface area is 129 Å². The predicted octanol–water partition coefficient (Wildman–Crippen LogP) is 6.66. The quantitative estimate of drug-likeness (QED) is 0.472. The van der Waals surface area contributed by atoms with Crippen LogP contribution in [0.25, 0.3) is 11.0 Å². The Balaban J connectivity index is 1.54. The van der Waals surface area contributed by atoms with Crippen molar-refractivity contribution >= 4 is 11.0 Å². The minimum atomic E-state index is -3.99. The lowest BCUT2D eigenvalue weighted by atomic mass is 10.0. The highest BCUT2D eigenvalue weighted by Gasteiger charge is 2.25. The summed E-state index contributed by atoms with van der Waals surface area (Å²) in [5.74, 6) is 0. The molecule has 1 heterocycles. The zero-order valence-electron chi connectivity index (χ0n) is 12.8. The smallest absolute Gasteiger partial charge is 0.389 e. The summed E-state index contributed by atoms with van der Waals surface area (Å²) in [5, 5.41) is 1.14. The van der Waals surface area contributed by atoms with Gasteiger partial charge in [-0.1, -0.05) is 50.3 Å². The van der Waals surface area contributed by atoms with Crippen molar-refractivity contribution in [1.82, 2.24) is 0 Å². The number of alkyl halides is 3. The molecule has 0 aliphatic carbocycles. The molecule has 122 valence electrons. The molecule has 0 unspecified atom stereocenters. The van der Waals surface area contributed by atoms with Gasteiger partial charge in [0.2, 0.25) is 0 Å². The van der Waals surface area contributed by atoms with Gasteiger partial charge in [0.05, 0.1) is 6.26 Å². The van der Waals surface area contributed by atoms with Crippen molar-refractivity contribution in [2.75, 3.05) is 0 Å². The molecule has 22 heavy (non-hydrogen) atoms. The van der Waals surface area contributed by atoms with Crippen LogP contribution >= 0.6 is 0 Å². The lowest BCUT2D eigenvalue weighted by molar-refractivity contribution is -0.135. The Hall–Kier alpha value is -1.45. The van der Waals surface area contributed by atoms with E-state index < -0.39 is 12.6 Å². The fraction of sp³-hybridized carbons (Fsp3) is 0.556. The first-order valence-corrected chi connectivity index (χ1v) is 8.08. The highest BCUT2D eigenvalue weighted by atomic mass is 19.4. The topological polar surface area (TPSA) is 13.1 Å². The van der Waals surface area contributed by atoms with Gasteiger partial charge in [-0.2, -0.15) is 13.2 Å². The summed E-state index contributed by atoms with van der Waals surface area (Å²) in [5.41, 5.74) is 2.22. The Morgan fingerprint density at radius 3 is 2.23 bits per heavy atom. The molecular formula is C18H23F3O. The van der Waals surface area contributed by atoms with Crippen LogP contribution in [-0.2, 0) is 6.42 Å². The van der Waals surface area contributed by atoms with Crippen LogP contribution < -0.4 is 0 Å². The van der Waals surface area contributed by atoms with E-state index in [2.05, 4.69) is 6.07 Å². The van der Waals surface area contributed by atoms with Crippen LogP contribution in [0.2, 0.25) is 0 Å². The van der Waals surface area contributed by atoms with E-state index in [-0.39, 0.29) is 6.42 Å². The Bertz CT molecular complexity index is 557. The van der Waals surface area contributed by atoms with E-state index in [0.29, 0.717) is 6.42 Å². The van der Waals surface area contributed by atoms with Gasteiger partial charge in [-0.15, -0.1) is 0 Å². The lowest BCUT2D eigenvalue weighted by Gasteiger charge is -2.06. The molecule has 0 saturated carbocycles. The molecule has 0 radical (unpaired) electrons. The summed E-state index contributed by atoms with van der Waals surface area (Å²) >= 11 is 0. The molecule has 2 aromatic rings. The Morgan fingerprint density at radius 1 is 0.818 bits per heavy atom. The minimum absolute atomic E-state index is 0.268. The number of rotatable bonds is 9. The Morgan fingerprint density at radius 2 is 1.50 bits per heavy atom. The van der Waals surface area contributed by atoms with Crippen molar-refractivity contribution < 1.29 is 17.6 Å². The zero-order valence-corrected chi connectivity index (χ0v) is 12.8. The van der Waals surface area contributed by atoms with Crippen molar-refractivity contribution in [3.8, 4) is 0 Å². The summed E-state index contributed by atoms with van der Waals surface area (Å²) in [6, 6.07) is 8.17. The van der Waals surface area contributed by atoms with Crippen molar-refractivity contribution in [3.05, 3.63) is 36.1 Å². The number of para-hydroxylation sites is 1. The molecule has 0 saturated heterocycles. The molecule has 0 aliphatic heterocycles. The van der Waals surface area contributed by atoms with Crippen molar-refractivity contribution in [3.63, 3.8) is 0 Å². The van der Waals surface area contributed by atoms with Crippen molar-refractivity contribution in [2.24, 2.45) is 0 Å². The number of hydrogen-bond acceptors (Lipinski definition) is 1. The average molecular weight is 312 g/mol. The number of unbranched alkanes of at least 4 members (excludes halogenated alkanes) is 6. The summed E-state index contributed by atoms with van der Waals surface area (Å²) < 4.78 is 41.4. The number of halogens is 3. The van der Waals surface area contributed by atoms with E-state index in [4.69, 9.17) is 4.42 Å². The number of fused-ring (bicyclic) bond motifs is 1. The van der Waals surface area contributed by atoms with E-state index in [1.54, 1.807) is 6.26 Å². The summed E-state index contributed by atoms with van der Waals surface area (Å²) in [7, 11) is 0. The number of aryl methyl sites for hydroxylation is 1. The molecule has 2 rings (SSSR count). The molecule has 0 atom stereocenters. The van der Waals surface area contributed by atoms with Crippen LogP contribution in [0.1, 0.15) is 56.9 Å². The largest absolute Gasteiger partial charge is 0.464 e. The molecule has 0 amide bonds. The second-order valence-electron chi connectivity index (χ2n) is 5.85. The summed E-state index contributed by atoms with van der Waals surface area (Å²) in [4.78, 5) is 0. The Kier molecular flexibility index (Phi) is 6.34. The zero-order chi connectivity index (χ0) is 15.8. The molecular weight excluding hydrogens is 289 g/mol. The number of benzene rings is 1. The molecule has 1 nitrogen and oxygen atoms in total. The van der Waals surface area contributed by atoms with Crippen molar-refractivity contribution in [1.29, 1.82) is 0 Å². The van der Waals surface area contributed by atoms with E-state index >= 15 is 0 Å². The lowest BCUT2D eigenvalue weighted by Crippen LogP contribution is -2.06. The third-order valence-electron chi connectivity index (χ3n) is 3.97. The predicted molar refractivity (Wildman–Crippen MR) is 82.9 cm³/mol. The van der Waals surface area contributed by atoms with E-state index in [0.717, 1.165) is 49.5 Å². The van der Waals surface area contributed by atoms with Gasteiger partial charge in [0.25, 0.3) is 0 Å². The standard InChI is InChI=1S/C18H23F3O/c19-18(20,21)13-7-5-3-1-2-4-6-9-15-10-8-11-16-12-14-22-17(15)16/h8,10-12,14H,1-7,9,13H2. The molecule has 0 N–H and O–H groups in total. The van der Waals surface area contributed by atoms with Gasteiger partial charge in [0.15, 0.2) is 0 Å². The fourth-order valence-electron chi connectivity index (χ4n) is 2.78. The first-order chi connectivity index (χ1) is 10.6.